The van der Waals surface area contributed by atoms with E-state index >= 15 is 0 Å². The van der Waals surface area contributed by atoms with Gasteiger partial charge in [0.25, 0.3) is 5.56 Å². The van der Waals surface area contributed by atoms with Crippen molar-refractivity contribution in [3.8, 4) is 17.1 Å². The zero-order valence-corrected chi connectivity index (χ0v) is 13.2. The molecule has 1 heterocycles. The van der Waals surface area contributed by atoms with Crippen LogP contribution in [0.25, 0.3) is 11.4 Å². The van der Waals surface area contributed by atoms with Gasteiger partial charge in [0.1, 0.15) is 5.82 Å². The second-order valence-electron chi connectivity index (χ2n) is 4.94. The minimum absolute atomic E-state index is 0.236. The van der Waals surface area contributed by atoms with Gasteiger partial charge < -0.3 is 10.1 Å². The van der Waals surface area contributed by atoms with Crippen LogP contribution in [0.4, 0.5) is 4.39 Å². The maximum absolute atomic E-state index is 13.4. The predicted molar refractivity (Wildman–Crippen MR) is 83.2 cm³/mol. The van der Waals surface area contributed by atoms with Gasteiger partial charge in [-0.25, -0.2) is 9.37 Å². The number of halogens is 2. The molecule has 0 saturated heterocycles. The van der Waals surface area contributed by atoms with E-state index in [1.54, 1.807) is 0 Å². The number of nitrogens with one attached hydrogen (secondary N) is 1. The normalized spacial score (nSPS) is 11.1. The quantitative estimate of drug-likeness (QED) is 0.795. The lowest BCUT2D eigenvalue weighted by Crippen LogP contribution is -2.17. The Morgan fingerprint density at radius 3 is 2.75 bits per heavy atom. The third-order valence-corrected chi connectivity index (χ3v) is 3.87. The van der Waals surface area contributed by atoms with Crippen LogP contribution in [-0.4, -0.2) is 15.1 Å². The molecule has 0 aliphatic heterocycles. The molecule has 0 bridgehead atoms. The van der Waals surface area contributed by atoms with Crippen molar-refractivity contribution in [2.24, 2.45) is 5.92 Å². The van der Waals surface area contributed by atoms with Crippen molar-refractivity contribution in [2.75, 3.05) is 0 Å². The Hall–Kier alpha value is -1.44. The molecule has 0 saturated carbocycles. The largest absolute Gasteiger partial charge is 0.505 e. The van der Waals surface area contributed by atoms with Gasteiger partial charge in [0.05, 0.1) is 9.26 Å². The SMILES string of the molecule is CC(C)Cc1nc(-c2ccc(O)c(F)c2)[nH]c(=O)c1I. The van der Waals surface area contributed by atoms with Crippen LogP contribution < -0.4 is 5.56 Å². The smallest absolute Gasteiger partial charge is 0.264 e. The Kier molecular flexibility index (Phi) is 4.42. The van der Waals surface area contributed by atoms with Gasteiger partial charge in [0.15, 0.2) is 11.6 Å². The Labute approximate surface area is 129 Å². The average molecular weight is 388 g/mol. The first kappa shape index (κ1) is 15.0. The zero-order chi connectivity index (χ0) is 14.9. The Balaban J connectivity index is 2.54. The standard InChI is InChI=1S/C14H14FIN2O2/c1-7(2)5-10-12(16)14(20)18-13(17-10)8-3-4-11(19)9(15)6-8/h3-4,6-7,19H,5H2,1-2H3,(H,17,18,20). The highest BCUT2D eigenvalue weighted by Crippen LogP contribution is 2.23. The molecule has 20 heavy (non-hydrogen) atoms. The lowest BCUT2D eigenvalue weighted by Gasteiger charge is -2.09. The summed E-state index contributed by atoms with van der Waals surface area (Å²) in [5, 5.41) is 9.19. The molecule has 6 heteroatoms. The molecule has 0 atom stereocenters. The molecule has 2 N–H and O–H groups in total. The lowest BCUT2D eigenvalue weighted by atomic mass is 10.1. The van der Waals surface area contributed by atoms with Gasteiger partial charge in [0.2, 0.25) is 0 Å². The van der Waals surface area contributed by atoms with E-state index in [1.165, 1.54) is 12.1 Å². The molecule has 0 aliphatic rings. The number of hydrogen-bond acceptors (Lipinski definition) is 3. The summed E-state index contributed by atoms with van der Waals surface area (Å²) >= 11 is 1.97. The fourth-order valence-corrected chi connectivity index (χ4v) is 2.29. The maximum Gasteiger partial charge on any atom is 0.264 e. The summed E-state index contributed by atoms with van der Waals surface area (Å²) in [4.78, 5) is 19.0. The van der Waals surface area contributed by atoms with E-state index in [1.807, 2.05) is 36.4 Å². The van der Waals surface area contributed by atoms with Crippen LogP contribution in [0.1, 0.15) is 19.5 Å². The van der Waals surface area contributed by atoms with Gasteiger partial charge in [-0.05, 0) is 53.1 Å². The highest BCUT2D eigenvalue weighted by Gasteiger charge is 2.13. The van der Waals surface area contributed by atoms with Crippen LogP contribution in [0.3, 0.4) is 0 Å². The molecular weight excluding hydrogens is 374 g/mol. The van der Waals surface area contributed by atoms with Crippen molar-refractivity contribution in [3.63, 3.8) is 0 Å². The number of nitrogens with zero attached hydrogens (tertiary/aromatic N) is 1. The zero-order valence-electron chi connectivity index (χ0n) is 11.1. The first-order valence-corrected chi connectivity index (χ1v) is 7.24. The topological polar surface area (TPSA) is 66.0 Å². The minimum Gasteiger partial charge on any atom is -0.505 e. The Bertz CT molecular complexity index is 698. The Morgan fingerprint density at radius 2 is 2.15 bits per heavy atom. The molecule has 106 valence electrons. The third kappa shape index (κ3) is 3.17. The van der Waals surface area contributed by atoms with Gasteiger partial charge in [-0.1, -0.05) is 13.8 Å². The number of phenols is 1. The molecule has 0 fully saturated rings. The van der Waals surface area contributed by atoms with Crippen LogP contribution in [0, 0.1) is 15.3 Å². The average Bonchev–Trinajstić information content (AvgIpc) is 2.37. The second kappa shape index (κ2) is 5.90. The number of benzene rings is 1. The maximum atomic E-state index is 13.4. The van der Waals surface area contributed by atoms with Crippen molar-refractivity contribution < 1.29 is 9.50 Å². The molecule has 0 spiro atoms. The first-order valence-electron chi connectivity index (χ1n) is 6.16. The van der Waals surface area contributed by atoms with Crippen molar-refractivity contribution in [1.29, 1.82) is 0 Å². The Morgan fingerprint density at radius 1 is 1.45 bits per heavy atom. The molecule has 1 aromatic carbocycles. The van der Waals surface area contributed by atoms with Crippen LogP contribution in [0.15, 0.2) is 23.0 Å². The summed E-state index contributed by atoms with van der Waals surface area (Å²) in [6.07, 6.45) is 0.676. The van der Waals surface area contributed by atoms with E-state index in [0.29, 0.717) is 33.0 Å². The number of phenolic OH excluding ortho intramolecular Hbond substituents is 1. The monoisotopic (exact) mass is 388 g/mol. The van der Waals surface area contributed by atoms with Crippen molar-refractivity contribution in [3.05, 3.63) is 43.6 Å². The second-order valence-corrected chi connectivity index (χ2v) is 6.02. The number of H-pyrrole nitrogens is 1. The van der Waals surface area contributed by atoms with Crippen molar-refractivity contribution >= 4 is 22.6 Å². The molecule has 0 unspecified atom stereocenters. The third-order valence-electron chi connectivity index (χ3n) is 2.75. The van der Waals surface area contributed by atoms with Crippen LogP contribution in [0.2, 0.25) is 0 Å². The molecule has 1 aromatic heterocycles. The molecule has 0 radical (unpaired) electrons. The van der Waals surface area contributed by atoms with E-state index in [2.05, 4.69) is 9.97 Å². The highest BCUT2D eigenvalue weighted by molar-refractivity contribution is 14.1. The summed E-state index contributed by atoms with van der Waals surface area (Å²) in [7, 11) is 0. The molecule has 2 rings (SSSR count). The fraction of sp³-hybridized carbons (Fsp3) is 0.286. The highest BCUT2D eigenvalue weighted by atomic mass is 127. The number of aromatic nitrogens is 2. The van der Waals surface area contributed by atoms with Gasteiger partial charge >= 0.3 is 0 Å². The van der Waals surface area contributed by atoms with Gasteiger partial charge in [-0.3, -0.25) is 4.79 Å². The van der Waals surface area contributed by atoms with Crippen LogP contribution >= 0.6 is 22.6 Å². The summed E-state index contributed by atoms with van der Waals surface area (Å²) in [6.45, 7) is 4.08. The van der Waals surface area contributed by atoms with Crippen LogP contribution in [-0.2, 0) is 6.42 Å². The molecular formula is C14H14FIN2O2. The minimum atomic E-state index is -0.742. The fourth-order valence-electron chi connectivity index (χ4n) is 1.82. The van der Waals surface area contributed by atoms with Crippen molar-refractivity contribution in [2.45, 2.75) is 20.3 Å². The molecule has 0 amide bonds. The number of hydrogen-bond donors (Lipinski definition) is 2. The summed E-state index contributed by atoms with van der Waals surface area (Å²) in [5.74, 6) is -0.495. The number of aromatic amines is 1. The van der Waals surface area contributed by atoms with Crippen molar-refractivity contribution in [1.82, 2.24) is 9.97 Å². The van der Waals surface area contributed by atoms with E-state index in [4.69, 9.17) is 0 Å². The molecule has 0 aliphatic carbocycles. The van der Waals surface area contributed by atoms with Gasteiger partial charge in [-0.15, -0.1) is 0 Å². The number of rotatable bonds is 3. The summed E-state index contributed by atoms with van der Waals surface area (Å²) in [5.41, 5.74) is 0.895. The van der Waals surface area contributed by atoms with E-state index in [-0.39, 0.29) is 5.56 Å². The van der Waals surface area contributed by atoms with Gasteiger partial charge in [-0.2, -0.15) is 0 Å². The van der Waals surface area contributed by atoms with E-state index < -0.39 is 11.6 Å². The predicted octanol–water partition coefficient (Wildman–Crippen LogP) is 3.08. The lowest BCUT2D eigenvalue weighted by molar-refractivity contribution is 0.432. The van der Waals surface area contributed by atoms with E-state index in [0.717, 1.165) is 6.07 Å². The van der Waals surface area contributed by atoms with Gasteiger partial charge in [0, 0.05) is 5.56 Å². The molecule has 4 nitrogen and oxygen atoms in total. The van der Waals surface area contributed by atoms with Crippen LogP contribution in [0.5, 0.6) is 5.75 Å². The first-order chi connectivity index (χ1) is 9.38. The summed E-state index contributed by atoms with van der Waals surface area (Å²) in [6, 6.07) is 3.91. The van der Waals surface area contributed by atoms with E-state index in [9.17, 15) is 14.3 Å². The molecule has 2 aromatic rings. The summed E-state index contributed by atoms with van der Waals surface area (Å²) < 4.78 is 13.9. The number of aromatic hydroxyl groups is 1.